The van der Waals surface area contributed by atoms with Gasteiger partial charge in [-0.05, 0) is 139 Å². The third-order valence-electron chi connectivity index (χ3n) is 16.5. The van der Waals surface area contributed by atoms with Gasteiger partial charge in [0.15, 0.2) is 23.7 Å². The van der Waals surface area contributed by atoms with Gasteiger partial charge in [-0.3, -0.25) is 19.8 Å². The molecule has 1 N–H and O–H groups in total. The van der Waals surface area contributed by atoms with Crippen LogP contribution in [0.25, 0.3) is 10.5 Å². The van der Waals surface area contributed by atoms with Crippen LogP contribution in [0.2, 0.25) is 0 Å². The number of carbonyl (C=O) groups is 1. The summed E-state index contributed by atoms with van der Waals surface area (Å²) in [5, 5.41) is 3.57. The maximum Gasteiger partial charge on any atom is 0.416 e. The molecule has 5 fully saturated rings. The molecule has 1 amide bonds. The highest BCUT2D eigenvalue weighted by atomic mass is 17.2. The molecular formula is C69H67N5O6. The third-order valence-corrected chi connectivity index (χ3v) is 16.5. The van der Waals surface area contributed by atoms with Gasteiger partial charge in [0.1, 0.15) is 11.5 Å². The topological polar surface area (TPSA) is 104 Å². The molecule has 5 saturated carbocycles. The van der Waals surface area contributed by atoms with Crippen LogP contribution in [0.3, 0.4) is 0 Å². The molecule has 80 heavy (non-hydrogen) atoms. The molecular weight excluding hydrogens is 995 g/mol. The Kier molecular flexibility index (Phi) is 23.4. The molecule has 5 aliphatic carbocycles. The van der Waals surface area contributed by atoms with E-state index < -0.39 is 6.09 Å². The second-order valence-corrected chi connectivity index (χ2v) is 21.5. The van der Waals surface area contributed by atoms with Crippen LogP contribution in [0.4, 0.5) is 10.5 Å². The van der Waals surface area contributed by atoms with E-state index in [-0.39, 0.29) is 42.1 Å². The fraction of sp³-hybridized carbons (Fsp3) is 0.493. The summed E-state index contributed by atoms with van der Waals surface area (Å²) in [6.07, 6.45) is 41.0. The van der Waals surface area contributed by atoms with Crippen molar-refractivity contribution in [3.63, 3.8) is 0 Å². The van der Waals surface area contributed by atoms with Crippen LogP contribution in [-0.2, 0) is 26.0 Å². The highest BCUT2D eigenvalue weighted by molar-refractivity contribution is 5.79. The van der Waals surface area contributed by atoms with Gasteiger partial charge in [0.05, 0.1) is 19.7 Å². The Balaban J connectivity index is 1.19. The fourth-order valence-electron chi connectivity index (χ4n) is 12.9. The fourth-order valence-corrected chi connectivity index (χ4v) is 12.9. The predicted molar refractivity (Wildman–Crippen MR) is 308 cm³/mol. The summed E-state index contributed by atoms with van der Waals surface area (Å²) in [7, 11) is 0. The minimum atomic E-state index is -0.862. The molecule has 0 spiro atoms. The Labute approximate surface area is 475 Å². The molecule has 2 atom stereocenters. The number of amides is 1. The minimum absolute atomic E-state index is 0.0434. The van der Waals surface area contributed by atoms with Gasteiger partial charge in [0.2, 0.25) is 5.88 Å². The molecule has 2 heterocycles. The van der Waals surface area contributed by atoms with Crippen molar-refractivity contribution < 1.29 is 29.1 Å². The Hall–Kier alpha value is -9.09. The first-order chi connectivity index (χ1) is 39.3. The quantitative estimate of drug-likeness (QED) is 0.0623. The maximum atomic E-state index is 14.8. The van der Waals surface area contributed by atoms with Crippen LogP contribution < -0.4 is 4.74 Å². The van der Waals surface area contributed by atoms with E-state index in [0.29, 0.717) is 47.6 Å². The van der Waals surface area contributed by atoms with E-state index in [1.54, 1.807) is 4.52 Å². The second kappa shape index (κ2) is 32.0. The van der Waals surface area contributed by atoms with Crippen LogP contribution in [0, 0.1) is 197 Å². The van der Waals surface area contributed by atoms with Gasteiger partial charge in [-0.25, -0.2) is 28.9 Å². The van der Waals surface area contributed by atoms with Crippen molar-refractivity contribution in [2.75, 3.05) is 13.1 Å². The lowest BCUT2D eigenvalue weighted by Gasteiger charge is -2.51. The normalized spacial score (nSPS) is 21.1. The first-order valence-corrected chi connectivity index (χ1v) is 28.2. The van der Waals surface area contributed by atoms with Gasteiger partial charge in [0.25, 0.3) is 5.69 Å². The van der Waals surface area contributed by atoms with Gasteiger partial charge in [-0.15, -0.1) is 12.8 Å². The molecule has 2 aromatic heterocycles. The van der Waals surface area contributed by atoms with Crippen LogP contribution >= 0.6 is 0 Å². The third kappa shape index (κ3) is 17.5. The van der Waals surface area contributed by atoms with Crippen molar-refractivity contribution in [3.8, 4) is 149 Å². The molecule has 2 aromatic rings. The zero-order valence-corrected chi connectivity index (χ0v) is 46.0. The summed E-state index contributed by atoms with van der Waals surface area (Å²) in [6.45, 7) is 18.5. The minimum Gasteiger partial charge on any atom is -0.402 e. The molecule has 7 rings (SSSR count). The first kappa shape index (κ1) is 58.6. The van der Waals surface area contributed by atoms with Crippen molar-refractivity contribution in [2.45, 2.75) is 154 Å². The first-order valence-electron chi connectivity index (χ1n) is 28.2. The summed E-state index contributed by atoms with van der Waals surface area (Å²) in [6, 6.07) is 0. The lowest BCUT2D eigenvalue weighted by molar-refractivity contribution is -0.205. The van der Waals surface area contributed by atoms with E-state index in [0.717, 1.165) is 48.9 Å². The maximum absolute atomic E-state index is 14.8. The molecule has 5 aliphatic rings. The summed E-state index contributed by atoms with van der Waals surface area (Å²) >= 11 is 0. The zero-order chi connectivity index (χ0) is 56.2. The number of hydrogen-bond acceptors (Lipinski definition) is 7. The summed E-state index contributed by atoms with van der Waals surface area (Å²) < 4.78 is 8.18. The molecule has 0 saturated heterocycles. The molecule has 0 aliphatic heterocycles. The van der Waals surface area contributed by atoms with Gasteiger partial charge in [-0.1, -0.05) is 129 Å². The number of carbonyl (C=O) groups excluding carboxylic acids is 1. The van der Waals surface area contributed by atoms with Gasteiger partial charge in [0, 0.05) is 70.7 Å². The SMILES string of the molecule is [C-]#[N+]c1c(CC2C(C3CCCCC3)CC(C3CCCCC3)CC2C2CCCCC2)c2nc(C3CCC(C)CC3)[nH]n2c1OC(=O)N(CC(=C)OOC#CC#CC#CC#CC#CC#C)CC(=C)OOC#CC#CC#CC#CC#CC#C. The Bertz CT molecular complexity index is 3220. The summed E-state index contributed by atoms with van der Waals surface area (Å²) in [5.41, 5.74) is 1.80. The smallest absolute Gasteiger partial charge is 0.402 e. The molecule has 2 unspecified atom stereocenters. The van der Waals surface area contributed by atoms with Crippen LogP contribution in [0.5, 0.6) is 5.88 Å². The van der Waals surface area contributed by atoms with E-state index >= 15 is 0 Å². The molecule has 404 valence electrons. The lowest BCUT2D eigenvalue weighted by atomic mass is 9.54. The lowest BCUT2D eigenvalue weighted by Crippen LogP contribution is -2.44. The second-order valence-electron chi connectivity index (χ2n) is 21.5. The Morgan fingerprint density at radius 1 is 0.625 bits per heavy atom. The monoisotopic (exact) mass is 1060 g/mol. The standard InChI is InChI=1S/C69H67N5O6/c1-7-9-11-13-15-17-19-21-23-34-46-76-79-54(4)51-73(52-55(5)80-77-47-35-24-22-20-18-16-14-12-10-8-2)69(75)78-68-65(70-6)64(67-71-66(72-74(67)68)59-44-42-53(3)43-45-59)50-63-61(57-38-30-26-31-39-57)48-60(56-36-28-25-29-37-56)49-62(63)58-40-32-27-33-41-58/h1-2,53,56-63H,4-5,25-33,36-45,48-52H2,3H3,(H,71,72). The zero-order valence-electron chi connectivity index (χ0n) is 46.0. The highest BCUT2D eigenvalue weighted by Crippen LogP contribution is 2.56. The van der Waals surface area contributed by atoms with Crippen molar-refractivity contribution in [1.82, 2.24) is 19.5 Å². The number of terminal acetylenes is 2. The number of rotatable bonds is 15. The Morgan fingerprint density at radius 3 is 1.51 bits per heavy atom. The molecule has 11 nitrogen and oxygen atoms in total. The molecule has 0 bridgehead atoms. The summed E-state index contributed by atoms with van der Waals surface area (Å²) in [5.74, 6) is 54.9. The number of H-pyrrole nitrogens is 1. The van der Waals surface area contributed by atoms with E-state index in [2.05, 4.69) is 161 Å². The van der Waals surface area contributed by atoms with Crippen LogP contribution in [0.15, 0.2) is 24.7 Å². The number of nitrogens with one attached hydrogen (secondary N) is 1. The van der Waals surface area contributed by atoms with Crippen molar-refractivity contribution in [2.24, 2.45) is 47.3 Å². The van der Waals surface area contributed by atoms with E-state index in [4.69, 9.17) is 48.7 Å². The van der Waals surface area contributed by atoms with Crippen molar-refractivity contribution in [3.05, 3.63) is 47.5 Å². The average molecular weight is 1060 g/mol. The molecule has 0 aromatic carbocycles. The van der Waals surface area contributed by atoms with Gasteiger partial charge < -0.3 is 4.74 Å². The van der Waals surface area contributed by atoms with Crippen LogP contribution in [-0.4, -0.2) is 38.7 Å². The molecule has 11 heteroatoms. The van der Waals surface area contributed by atoms with Crippen molar-refractivity contribution >= 4 is 17.4 Å². The Morgan fingerprint density at radius 2 is 1.06 bits per heavy atom. The number of ether oxygens (including phenoxy) is 1. The molecule has 0 radical (unpaired) electrons. The number of fused-ring (bicyclic) bond motifs is 1. The van der Waals surface area contributed by atoms with Gasteiger partial charge in [-0.2, -0.15) is 0 Å². The number of hydrogen-bond donors (Lipinski definition) is 1. The van der Waals surface area contributed by atoms with E-state index in [9.17, 15) is 4.79 Å². The van der Waals surface area contributed by atoms with Gasteiger partial charge >= 0.3 is 6.09 Å². The highest BCUT2D eigenvalue weighted by Gasteiger charge is 2.47. The van der Waals surface area contributed by atoms with E-state index in [1.165, 1.54) is 114 Å². The van der Waals surface area contributed by atoms with Crippen LogP contribution in [0.1, 0.15) is 159 Å². The number of aromatic amines is 1. The average Bonchev–Trinajstić information content (AvgIpc) is 4.12. The summed E-state index contributed by atoms with van der Waals surface area (Å²) in [4.78, 5) is 46.4. The number of nitrogens with zero attached hydrogens (tertiary/aromatic N) is 4. The van der Waals surface area contributed by atoms with Crippen molar-refractivity contribution in [1.29, 1.82) is 0 Å². The predicted octanol–water partition coefficient (Wildman–Crippen LogP) is 12.0. The largest absolute Gasteiger partial charge is 0.416 e. The number of aromatic nitrogens is 3. The van der Waals surface area contributed by atoms with E-state index in [1.807, 2.05) is 0 Å².